The van der Waals surface area contributed by atoms with E-state index in [4.69, 9.17) is 5.73 Å². The summed E-state index contributed by atoms with van der Waals surface area (Å²) in [5, 5.41) is 9.18. The first-order valence-corrected chi connectivity index (χ1v) is 4.32. The lowest BCUT2D eigenvalue weighted by molar-refractivity contribution is -0.133. The fourth-order valence-electron chi connectivity index (χ4n) is 1.35. The Morgan fingerprint density at radius 3 is 2.92 bits per heavy atom. The first-order valence-electron chi connectivity index (χ1n) is 4.32. The highest BCUT2D eigenvalue weighted by molar-refractivity contribution is 5.79. The molecule has 0 bridgehead atoms. The number of β-amino-alcohol motifs (C(OH)–C–C–N with tert-alkyl or cyclic N) is 1. The molecule has 3 N–H and O–H groups in total. The summed E-state index contributed by atoms with van der Waals surface area (Å²) in [6.07, 6.45) is 0.363. The number of nitrogens with zero attached hydrogens (tertiary/aromatic N) is 1. The molecule has 1 fully saturated rings. The van der Waals surface area contributed by atoms with Crippen molar-refractivity contribution in [3.63, 3.8) is 0 Å². The first kappa shape index (κ1) is 9.48. The number of rotatable bonds is 2. The fourth-order valence-corrected chi connectivity index (χ4v) is 1.35. The predicted octanol–water partition coefficient (Wildman–Crippen LogP) is -0.826. The third-order valence-corrected chi connectivity index (χ3v) is 2.25. The number of hydrogen-bond donors (Lipinski definition) is 2. The fraction of sp³-hybridized carbons (Fsp3) is 0.875. The predicted molar refractivity (Wildman–Crippen MR) is 45.4 cm³/mol. The second-order valence-electron chi connectivity index (χ2n) is 3.36. The summed E-state index contributed by atoms with van der Waals surface area (Å²) in [4.78, 5) is 13.1. The molecule has 12 heavy (non-hydrogen) atoms. The van der Waals surface area contributed by atoms with Gasteiger partial charge in [-0.2, -0.15) is 0 Å². The van der Waals surface area contributed by atoms with E-state index in [1.54, 1.807) is 4.90 Å². The van der Waals surface area contributed by atoms with Crippen LogP contribution < -0.4 is 5.73 Å². The normalized spacial score (nSPS) is 25.9. The summed E-state index contributed by atoms with van der Waals surface area (Å²) < 4.78 is 0. The van der Waals surface area contributed by atoms with Crippen molar-refractivity contribution in [1.82, 2.24) is 4.90 Å². The molecule has 1 aliphatic rings. The quantitative estimate of drug-likeness (QED) is 0.571. The Hall–Kier alpha value is -0.610. The summed E-state index contributed by atoms with van der Waals surface area (Å²) in [6, 6.07) is 0. The lowest BCUT2D eigenvalue weighted by Gasteiger charge is -2.18. The van der Waals surface area contributed by atoms with Crippen LogP contribution in [0.4, 0.5) is 0 Å². The first-order chi connectivity index (χ1) is 5.65. The zero-order valence-electron chi connectivity index (χ0n) is 7.36. The number of nitrogens with two attached hydrogens (primary N) is 1. The molecule has 1 saturated heterocycles. The van der Waals surface area contributed by atoms with Gasteiger partial charge in [-0.3, -0.25) is 4.79 Å². The van der Waals surface area contributed by atoms with E-state index in [1.165, 1.54) is 0 Å². The monoisotopic (exact) mass is 172 g/mol. The summed E-state index contributed by atoms with van der Waals surface area (Å²) in [7, 11) is 0. The second-order valence-corrected chi connectivity index (χ2v) is 3.36. The van der Waals surface area contributed by atoms with Crippen LogP contribution >= 0.6 is 0 Å². The summed E-state index contributed by atoms with van der Waals surface area (Å²) in [5.41, 5.74) is 5.37. The van der Waals surface area contributed by atoms with Gasteiger partial charge in [-0.1, -0.05) is 6.92 Å². The lowest BCUT2D eigenvalue weighted by Crippen LogP contribution is -2.36. The average molecular weight is 172 g/mol. The topological polar surface area (TPSA) is 66.6 Å². The zero-order valence-corrected chi connectivity index (χ0v) is 7.36. The van der Waals surface area contributed by atoms with Crippen molar-refractivity contribution >= 4 is 5.91 Å². The zero-order chi connectivity index (χ0) is 9.14. The summed E-state index contributed by atoms with van der Waals surface area (Å²) in [6.45, 7) is 3.34. The van der Waals surface area contributed by atoms with Gasteiger partial charge in [0.2, 0.25) is 5.91 Å². The lowest BCUT2D eigenvalue weighted by atomic mass is 10.1. The van der Waals surface area contributed by atoms with Gasteiger partial charge in [-0.25, -0.2) is 0 Å². The van der Waals surface area contributed by atoms with E-state index in [1.807, 2.05) is 6.92 Å². The molecule has 0 aromatic carbocycles. The minimum atomic E-state index is -0.334. The van der Waals surface area contributed by atoms with Gasteiger partial charge in [0.25, 0.3) is 0 Å². The number of likely N-dealkylation sites (tertiary alicyclic amines) is 1. The van der Waals surface area contributed by atoms with Gasteiger partial charge in [-0.15, -0.1) is 0 Å². The minimum absolute atomic E-state index is 0.0639. The summed E-state index contributed by atoms with van der Waals surface area (Å²) in [5.74, 6) is -0.0515. The van der Waals surface area contributed by atoms with Gasteiger partial charge < -0.3 is 15.7 Å². The van der Waals surface area contributed by atoms with E-state index < -0.39 is 0 Å². The number of carbonyl (C=O) groups is 1. The van der Waals surface area contributed by atoms with Crippen LogP contribution in [0, 0.1) is 5.92 Å². The number of hydrogen-bond acceptors (Lipinski definition) is 3. The highest BCUT2D eigenvalue weighted by Gasteiger charge is 2.26. The molecule has 0 aromatic heterocycles. The van der Waals surface area contributed by atoms with Crippen molar-refractivity contribution in [1.29, 1.82) is 0 Å². The molecule has 1 amide bonds. The Balaban J connectivity index is 2.43. The van der Waals surface area contributed by atoms with E-state index in [2.05, 4.69) is 0 Å². The molecule has 0 saturated carbocycles. The van der Waals surface area contributed by atoms with Gasteiger partial charge in [0.1, 0.15) is 0 Å². The molecule has 70 valence electrons. The van der Waals surface area contributed by atoms with Gasteiger partial charge in [-0.05, 0) is 6.42 Å². The molecular weight excluding hydrogens is 156 g/mol. The van der Waals surface area contributed by atoms with Crippen LogP contribution in [0.5, 0.6) is 0 Å². The highest BCUT2D eigenvalue weighted by Crippen LogP contribution is 2.11. The molecule has 4 nitrogen and oxygen atoms in total. The molecule has 0 spiro atoms. The Morgan fingerprint density at radius 1 is 1.83 bits per heavy atom. The van der Waals surface area contributed by atoms with Gasteiger partial charge in [0, 0.05) is 25.6 Å². The van der Waals surface area contributed by atoms with Crippen LogP contribution in [0.15, 0.2) is 0 Å². The van der Waals surface area contributed by atoms with Crippen LogP contribution in [0.25, 0.3) is 0 Å². The number of carbonyl (C=O) groups excluding carboxylic acids is 1. The van der Waals surface area contributed by atoms with Crippen molar-refractivity contribution in [2.45, 2.75) is 19.4 Å². The molecule has 0 aliphatic carbocycles. The van der Waals surface area contributed by atoms with Gasteiger partial charge >= 0.3 is 0 Å². The van der Waals surface area contributed by atoms with E-state index in [9.17, 15) is 9.90 Å². The molecular formula is C8H16N2O2. The van der Waals surface area contributed by atoms with Crippen LogP contribution in [0.2, 0.25) is 0 Å². The molecule has 1 aliphatic heterocycles. The van der Waals surface area contributed by atoms with Crippen LogP contribution in [-0.2, 0) is 4.79 Å². The Morgan fingerprint density at radius 2 is 2.50 bits per heavy atom. The molecule has 1 unspecified atom stereocenters. The van der Waals surface area contributed by atoms with E-state index in [0.717, 1.165) is 0 Å². The van der Waals surface area contributed by atoms with E-state index in [0.29, 0.717) is 26.1 Å². The van der Waals surface area contributed by atoms with Crippen molar-refractivity contribution in [2.75, 3.05) is 19.6 Å². The Kier molecular flexibility index (Phi) is 3.05. The molecule has 0 aromatic rings. The third-order valence-electron chi connectivity index (χ3n) is 2.25. The number of aliphatic hydroxyl groups is 1. The van der Waals surface area contributed by atoms with E-state index in [-0.39, 0.29) is 17.9 Å². The maximum absolute atomic E-state index is 11.5. The molecule has 1 heterocycles. The molecule has 1 rings (SSSR count). The largest absolute Gasteiger partial charge is 0.391 e. The molecule has 0 radical (unpaired) electrons. The maximum Gasteiger partial charge on any atom is 0.226 e. The van der Waals surface area contributed by atoms with Crippen molar-refractivity contribution < 1.29 is 9.90 Å². The van der Waals surface area contributed by atoms with Gasteiger partial charge in [0.15, 0.2) is 0 Å². The van der Waals surface area contributed by atoms with Crippen molar-refractivity contribution in [3.05, 3.63) is 0 Å². The third kappa shape index (κ3) is 1.95. The summed E-state index contributed by atoms with van der Waals surface area (Å²) >= 11 is 0. The maximum atomic E-state index is 11.5. The number of amides is 1. The highest BCUT2D eigenvalue weighted by atomic mass is 16.3. The second kappa shape index (κ2) is 3.87. The Labute approximate surface area is 72.3 Å². The Bertz CT molecular complexity index is 172. The van der Waals surface area contributed by atoms with E-state index >= 15 is 0 Å². The standard InChI is InChI=1S/C8H16N2O2/c1-6(4-9)8(12)10-3-2-7(11)5-10/h6-7,11H,2-5,9H2,1H3/t6?,7-/m0/s1. The van der Waals surface area contributed by atoms with Crippen LogP contribution in [-0.4, -0.2) is 41.7 Å². The number of aliphatic hydroxyl groups excluding tert-OH is 1. The van der Waals surface area contributed by atoms with Crippen LogP contribution in [0.1, 0.15) is 13.3 Å². The minimum Gasteiger partial charge on any atom is -0.391 e. The molecule has 2 atom stereocenters. The average Bonchev–Trinajstić information content (AvgIpc) is 2.49. The van der Waals surface area contributed by atoms with Gasteiger partial charge in [0.05, 0.1) is 6.10 Å². The molecule has 4 heteroatoms. The SMILES string of the molecule is CC(CN)C(=O)N1CC[C@H](O)C1. The van der Waals surface area contributed by atoms with Crippen LogP contribution in [0.3, 0.4) is 0 Å². The van der Waals surface area contributed by atoms with Crippen molar-refractivity contribution in [2.24, 2.45) is 11.7 Å². The smallest absolute Gasteiger partial charge is 0.226 e. The van der Waals surface area contributed by atoms with Crippen molar-refractivity contribution in [3.8, 4) is 0 Å².